The average molecular weight is 728 g/mol. The fourth-order valence-corrected chi connectivity index (χ4v) is 2.81. The number of carbonyl (C=O) groups excluding carboxylic acids is 4. The summed E-state index contributed by atoms with van der Waals surface area (Å²) < 4.78 is 0. The number of hydrogen-bond acceptors (Lipinski definition) is 12. The maximum atomic E-state index is 11.5. The van der Waals surface area contributed by atoms with Gasteiger partial charge in [-0.1, -0.05) is 12.8 Å². The monoisotopic (exact) mass is 728 g/mol. The topological polar surface area (TPSA) is 392 Å². The van der Waals surface area contributed by atoms with Crippen LogP contribution in [0, 0.1) is 9.81 Å². The molecule has 4 amide bonds. The van der Waals surface area contributed by atoms with E-state index >= 15 is 0 Å². The molecule has 256 valence electrons. The Morgan fingerprint density at radius 2 is 0.867 bits per heavy atom. The van der Waals surface area contributed by atoms with Crippen molar-refractivity contribution in [2.75, 3.05) is 24.6 Å². The minimum Gasteiger partial charge on any atom is -0.665 e. The van der Waals surface area contributed by atoms with E-state index in [0.717, 1.165) is 0 Å². The third-order valence-electron chi connectivity index (χ3n) is 4.41. The third kappa shape index (κ3) is 29.9. The van der Waals surface area contributed by atoms with Crippen molar-refractivity contribution < 1.29 is 75.9 Å². The smallest absolute Gasteiger partial charge is 0.665 e. The van der Waals surface area contributed by atoms with Gasteiger partial charge in [-0.15, -0.1) is 0 Å². The number of carboxylic acid groups (broad SMARTS) is 4. The van der Waals surface area contributed by atoms with Crippen molar-refractivity contribution in [2.24, 2.45) is 0 Å². The number of nitroso groups, excluding NO2 is 2. The number of aliphatic carboxylic acids is 4. The molecule has 4 atom stereocenters. The number of nitrogens with zero attached hydrogens (tertiary/aromatic N) is 2. The zero-order chi connectivity index (χ0) is 35.4. The number of nitrogens with one attached hydrogen (secondary N) is 6. The van der Waals surface area contributed by atoms with Crippen LogP contribution < -0.4 is 21.3 Å². The Labute approximate surface area is 276 Å². The number of rotatable bonds is 18. The van der Waals surface area contributed by atoms with Gasteiger partial charge in [-0.2, -0.15) is 25.3 Å². The average Bonchev–Trinajstić information content (AvgIpc) is 2.99. The zero-order valence-electron chi connectivity index (χ0n) is 23.0. The summed E-state index contributed by atoms with van der Waals surface area (Å²) in [5, 5.41) is 42.5. The maximum absolute atomic E-state index is 11.5. The molecule has 0 rings (SSSR count). The van der Waals surface area contributed by atoms with Crippen LogP contribution in [0.2, 0.25) is 0 Å². The number of amides is 4. The molecule has 0 unspecified atom stereocenters. The van der Waals surface area contributed by atoms with Crippen LogP contribution in [0.25, 0.3) is 22.7 Å². The van der Waals surface area contributed by atoms with Crippen molar-refractivity contribution >= 4 is 72.8 Å². The molecule has 10 N–H and O–H groups in total. The fourth-order valence-electron chi connectivity index (χ4n) is 2.29. The molecule has 0 aromatic heterocycles. The molecule has 0 aromatic carbocycles. The van der Waals surface area contributed by atoms with Gasteiger partial charge in [0.25, 0.3) is 11.9 Å². The van der Waals surface area contributed by atoms with Crippen molar-refractivity contribution in [3.05, 3.63) is 32.5 Å². The fraction of sp³-hybridized carbons (Fsp3) is 0.600. The van der Waals surface area contributed by atoms with Crippen LogP contribution in [-0.4, -0.2) is 117 Å². The molecule has 25 heteroatoms. The SMILES string of the molecule is [Fe+4].[N-]=O.[N-]=O.[NH-][C@@H](CCC(=O)N[C@@H](CS)C(=O)NCC(=O)O)C(=O)O.[NH-][C@@H](CCC(=O)N[C@@H](CS)C(=O)NCC(=O)O)C(=O)O. The molecule has 0 radical (unpaired) electrons. The van der Waals surface area contributed by atoms with Gasteiger partial charge in [0.2, 0.25) is 23.6 Å². The summed E-state index contributed by atoms with van der Waals surface area (Å²) in [5.41, 5.74) is 25.7. The summed E-state index contributed by atoms with van der Waals surface area (Å²) in [6.07, 6.45) is -0.817. The van der Waals surface area contributed by atoms with Crippen LogP contribution in [-0.2, 0) is 55.4 Å². The van der Waals surface area contributed by atoms with E-state index in [1.165, 1.54) is 0 Å². The van der Waals surface area contributed by atoms with E-state index in [2.05, 4.69) is 46.5 Å². The van der Waals surface area contributed by atoms with Crippen molar-refractivity contribution in [2.45, 2.75) is 49.9 Å². The molecule has 0 bridgehead atoms. The first-order chi connectivity index (χ1) is 20.5. The largest absolute Gasteiger partial charge is 4.00 e. The minimum absolute atomic E-state index is 0. The van der Waals surface area contributed by atoms with Gasteiger partial charge < -0.3 is 74.2 Å². The second-order valence-electron chi connectivity index (χ2n) is 7.69. The molecule has 0 heterocycles. The molecule has 0 saturated carbocycles. The molecule has 0 fully saturated rings. The quantitative estimate of drug-likeness (QED) is 0.0562. The van der Waals surface area contributed by atoms with Gasteiger partial charge >= 0.3 is 29.0 Å². The predicted octanol–water partition coefficient (Wildman–Crippen LogP) is -1.58. The Bertz CT molecular complexity index is 894. The Hall–Kier alpha value is -3.90. The molecule has 45 heavy (non-hydrogen) atoms. The normalized spacial score (nSPS) is 11.8. The van der Waals surface area contributed by atoms with E-state index in [9.17, 15) is 38.4 Å². The van der Waals surface area contributed by atoms with Crippen LogP contribution >= 0.6 is 25.3 Å². The molecule has 0 aliphatic heterocycles. The Morgan fingerprint density at radius 3 is 1.07 bits per heavy atom. The van der Waals surface area contributed by atoms with Crippen molar-refractivity contribution in [3.63, 3.8) is 0 Å². The summed E-state index contributed by atoms with van der Waals surface area (Å²) in [6.45, 7) is -1.15. The number of thiol groups is 2. The summed E-state index contributed by atoms with van der Waals surface area (Å²) >= 11 is 7.72. The van der Waals surface area contributed by atoms with Crippen LogP contribution in [0.1, 0.15) is 25.7 Å². The molecular formula is C20H32FeN8O14S2. The van der Waals surface area contributed by atoms with Gasteiger partial charge in [-0.3, -0.25) is 38.4 Å². The van der Waals surface area contributed by atoms with Gasteiger partial charge in [-0.05, 0) is 12.1 Å². The van der Waals surface area contributed by atoms with E-state index in [4.69, 9.17) is 52.9 Å². The summed E-state index contributed by atoms with van der Waals surface area (Å²) in [6, 6.07) is -4.84. The summed E-state index contributed by atoms with van der Waals surface area (Å²) in [5.74, 6) is -7.79. The molecule has 0 aliphatic carbocycles. The summed E-state index contributed by atoms with van der Waals surface area (Å²) in [4.78, 5) is 102. The van der Waals surface area contributed by atoms with Crippen LogP contribution in [0.4, 0.5) is 0 Å². The molecule has 22 nitrogen and oxygen atoms in total. The molecule has 0 aromatic rings. The maximum Gasteiger partial charge on any atom is 4.00 e. The van der Waals surface area contributed by atoms with E-state index in [-0.39, 0.29) is 54.3 Å². The van der Waals surface area contributed by atoms with Gasteiger partial charge in [0.1, 0.15) is 25.2 Å². The standard InChI is InChI=1S/2C10H16N3O6S.Fe.2NO/c2*11-5(10(18)19)1-2-7(14)13-6(4-20)9(17)12-3-8(15)16;;2*1-2/h2*5-6,11,20H,1-4H2,(H,12,17)(H,13,14)(H,15,16)(H,18,19);;;/q2*-1;+4;2*-1/t2*5-,6-;;;/m00.../s1. The Kier molecular flexibility index (Phi) is 35.5. The van der Waals surface area contributed by atoms with Gasteiger partial charge in [0.15, 0.2) is 0 Å². The molecule has 0 saturated heterocycles. The number of hydrogen-bond donors (Lipinski definition) is 10. The second-order valence-corrected chi connectivity index (χ2v) is 8.42. The predicted molar refractivity (Wildman–Crippen MR) is 156 cm³/mol. The van der Waals surface area contributed by atoms with Crippen molar-refractivity contribution in [3.8, 4) is 0 Å². The van der Waals surface area contributed by atoms with Crippen molar-refractivity contribution in [1.82, 2.24) is 21.3 Å². The van der Waals surface area contributed by atoms with E-state index < -0.39 is 84.8 Å². The summed E-state index contributed by atoms with van der Waals surface area (Å²) in [7, 11) is 0. The second kappa shape index (κ2) is 31.5. The molecule has 0 aliphatic rings. The van der Waals surface area contributed by atoms with Crippen LogP contribution in [0.5, 0.6) is 0 Å². The Morgan fingerprint density at radius 1 is 0.600 bits per heavy atom. The van der Waals surface area contributed by atoms with Crippen LogP contribution in [0.3, 0.4) is 0 Å². The first-order valence-corrected chi connectivity index (χ1v) is 12.9. The molecule has 0 spiro atoms. The van der Waals surface area contributed by atoms with Crippen molar-refractivity contribution in [1.29, 1.82) is 0 Å². The Balaban J connectivity index is -0.000000209. The number of carboxylic acids is 4. The van der Waals surface area contributed by atoms with E-state index in [0.29, 0.717) is 0 Å². The van der Waals surface area contributed by atoms with E-state index in [1.807, 2.05) is 0 Å². The third-order valence-corrected chi connectivity index (χ3v) is 5.14. The van der Waals surface area contributed by atoms with Crippen LogP contribution in [0.15, 0.2) is 0 Å². The first kappa shape index (κ1) is 50.7. The van der Waals surface area contributed by atoms with Gasteiger partial charge in [0, 0.05) is 24.3 Å². The number of carbonyl (C=O) groups is 8. The zero-order valence-corrected chi connectivity index (χ0v) is 25.9. The van der Waals surface area contributed by atoms with E-state index in [1.54, 1.807) is 0 Å². The minimum atomic E-state index is -1.41. The first-order valence-electron chi connectivity index (χ1n) is 11.6. The molecular weight excluding hydrogens is 696 g/mol. The van der Waals surface area contributed by atoms with Gasteiger partial charge in [-0.25, -0.2) is 0 Å². The van der Waals surface area contributed by atoms with Gasteiger partial charge in [0.05, 0.1) is 0 Å².